The van der Waals surface area contributed by atoms with Gasteiger partial charge in [0.1, 0.15) is 0 Å². The molecule has 1 amide bonds. The van der Waals surface area contributed by atoms with Gasteiger partial charge in [0.2, 0.25) is 5.91 Å². The number of hydrogen-bond acceptors (Lipinski definition) is 3. The van der Waals surface area contributed by atoms with E-state index in [0.717, 1.165) is 35.5 Å². The van der Waals surface area contributed by atoms with Gasteiger partial charge in [-0.05, 0) is 69.1 Å². The van der Waals surface area contributed by atoms with E-state index in [0.29, 0.717) is 24.4 Å². The van der Waals surface area contributed by atoms with Crippen molar-refractivity contribution in [2.45, 2.75) is 58.5 Å². The van der Waals surface area contributed by atoms with Gasteiger partial charge in [0, 0.05) is 24.2 Å². The molecule has 152 valence electrons. The standard InChI is InChI=1S/C22H30N4O.ClH/c1-14-10-15(2)26(25-14)20-9-4-3-6-18(20)13-24-22(27)19-11-16-7-5-8-17(12-19)21(16)23;/h3-4,6,9-10,16-17,19,21H,5,7-8,11-13,23H2,1-2H3,(H,24,27);1H. The minimum atomic E-state index is 0. The lowest BCUT2D eigenvalue weighted by Gasteiger charge is -2.43. The third-order valence-corrected chi connectivity index (χ3v) is 6.47. The van der Waals surface area contributed by atoms with Crippen LogP contribution in [0, 0.1) is 31.6 Å². The van der Waals surface area contributed by atoms with Crippen molar-refractivity contribution in [1.29, 1.82) is 0 Å². The highest BCUT2D eigenvalue weighted by Crippen LogP contribution is 2.41. The Labute approximate surface area is 173 Å². The maximum atomic E-state index is 12.9. The topological polar surface area (TPSA) is 72.9 Å². The third kappa shape index (κ3) is 4.11. The van der Waals surface area contributed by atoms with Gasteiger partial charge in [0.15, 0.2) is 0 Å². The van der Waals surface area contributed by atoms with Gasteiger partial charge in [-0.15, -0.1) is 12.4 Å². The number of nitrogens with two attached hydrogens (primary N) is 1. The Bertz CT molecular complexity index is 820. The summed E-state index contributed by atoms with van der Waals surface area (Å²) >= 11 is 0. The second kappa shape index (κ2) is 8.66. The molecule has 1 aromatic carbocycles. The molecular weight excluding hydrogens is 372 g/mol. The molecule has 4 rings (SSSR count). The molecule has 2 aromatic rings. The molecular formula is C22H31ClN4O. The molecule has 2 aliphatic carbocycles. The number of benzene rings is 1. The van der Waals surface area contributed by atoms with E-state index in [1.807, 2.05) is 23.7 Å². The molecule has 2 unspecified atom stereocenters. The SMILES string of the molecule is Cc1cc(C)n(-c2ccccc2CNC(=O)C2CC3CCCC(C2)C3N)n1.Cl. The first-order valence-corrected chi connectivity index (χ1v) is 10.2. The van der Waals surface area contributed by atoms with Crippen molar-refractivity contribution in [2.24, 2.45) is 23.5 Å². The Morgan fingerprint density at radius 2 is 1.89 bits per heavy atom. The summed E-state index contributed by atoms with van der Waals surface area (Å²) < 4.78 is 1.96. The largest absolute Gasteiger partial charge is 0.352 e. The number of para-hydroxylation sites is 1. The Morgan fingerprint density at radius 1 is 1.21 bits per heavy atom. The molecule has 3 N–H and O–H groups in total. The summed E-state index contributed by atoms with van der Waals surface area (Å²) in [4.78, 5) is 12.9. The van der Waals surface area contributed by atoms with Gasteiger partial charge in [-0.2, -0.15) is 5.10 Å². The molecule has 0 radical (unpaired) electrons. The molecule has 2 fully saturated rings. The fourth-order valence-electron chi connectivity index (χ4n) is 5.07. The summed E-state index contributed by atoms with van der Waals surface area (Å²) in [6, 6.07) is 10.5. The summed E-state index contributed by atoms with van der Waals surface area (Å²) in [5, 5.41) is 7.78. The fourth-order valence-corrected chi connectivity index (χ4v) is 5.07. The minimum absolute atomic E-state index is 0. The minimum Gasteiger partial charge on any atom is -0.352 e. The van der Waals surface area contributed by atoms with Crippen LogP contribution in [-0.4, -0.2) is 21.7 Å². The van der Waals surface area contributed by atoms with Crippen LogP contribution >= 0.6 is 12.4 Å². The highest BCUT2D eigenvalue weighted by atomic mass is 35.5. The Hall–Kier alpha value is -1.85. The second-order valence-corrected chi connectivity index (χ2v) is 8.38. The number of fused-ring (bicyclic) bond motifs is 2. The quantitative estimate of drug-likeness (QED) is 0.819. The molecule has 1 aromatic heterocycles. The van der Waals surface area contributed by atoms with Crippen LogP contribution in [0.3, 0.4) is 0 Å². The van der Waals surface area contributed by atoms with E-state index < -0.39 is 0 Å². The van der Waals surface area contributed by atoms with E-state index in [2.05, 4.69) is 35.5 Å². The highest BCUT2D eigenvalue weighted by Gasteiger charge is 2.40. The molecule has 2 atom stereocenters. The normalized spacial score (nSPS) is 26.4. The van der Waals surface area contributed by atoms with Gasteiger partial charge < -0.3 is 11.1 Å². The molecule has 0 aliphatic heterocycles. The number of hydrogen-bond donors (Lipinski definition) is 2. The first kappa shape index (κ1) is 20.9. The zero-order chi connectivity index (χ0) is 19.0. The number of carbonyl (C=O) groups is 1. The van der Waals surface area contributed by atoms with Crippen LogP contribution in [0.1, 0.15) is 49.1 Å². The monoisotopic (exact) mass is 402 g/mol. The average Bonchev–Trinajstić information content (AvgIpc) is 2.97. The number of halogens is 1. The van der Waals surface area contributed by atoms with Crippen LogP contribution < -0.4 is 11.1 Å². The Morgan fingerprint density at radius 3 is 2.54 bits per heavy atom. The number of amides is 1. The van der Waals surface area contributed by atoms with Crippen molar-refractivity contribution in [3.8, 4) is 5.69 Å². The van der Waals surface area contributed by atoms with E-state index in [1.54, 1.807) is 0 Å². The van der Waals surface area contributed by atoms with Crippen LogP contribution in [0.4, 0.5) is 0 Å². The van der Waals surface area contributed by atoms with E-state index in [1.165, 1.54) is 19.3 Å². The molecule has 2 aliphatic rings. The van der Waals surface area contributed by atoms with Gasteiger partial charge in [0.25, 0.3) is 0 Å². The van der Waals surface area contributed by atoms with Crippen molar-refractivity contribution >= 4 is 18.3 Å². The van der Waals surface area contributed by atoms with E-state index in [4.69, 9.17) is 5.73 Å². The van der Waals surface area contributed by atoms with Crippen LogP contribution in [-0.2, 0) is 11.3 Å². The first-order chi connectivity index (χ1) is 13.0. The predicted octanol–water partition coefficient (Wildman–Crippen LogP) is 3.68. The number of rotatable bonds is 4. The van der Waals surface area contributed by atoms with Crippen molar-refractivity contribution in [2.75, 3.05) is 0 Å². The maximum Gasteiger partial charge on any atom is 0.223 e. The molecule has 0 saturated heterocycles. The maximum absolute atomic E-state index is 12.9. The van der Waals surface area contributed by atoms with Crippen molar-refractivity contribution in [1.82, 2.24) is 15.1 Å². The summed E-state index contributed by atoms with van der Waals surface area (Å²) in [5.74, 6) is 1.34. The molecule has 5 nitrogen and oxygen atoms in total. The summed E-state index contributed by atoms with van der Waals surface area (Å²) in [6.07, 6.45) is 5.53. The molecule has 28 heavy (non-hydrogen) atoms. The number of nitrogens with zero attached hydrogens (tertiary/aromatic N) is 2. The van der Waals surface area contributed by atoms with Crippen molar-refractivity contribution in [3.05, 3.63) is 47.3 Å². The number of aromatic nitrogens is 2. The van der Waals surface area contributed by atoms with Crippen LogP contribution in [0.15, 0.2) is 30.3 Å². The van der Waals surface area contributed by atoms with Gasteiger partial charge in [-0.25, -0.2) is 4.68 Å². The zero-order valence-corrected chi connectivity index (χ0v) is 17.5. The van der Waals surface area contributed by atoms with E-state index in [9.17, 15) is 4.79 Å². The number of carbonyl (C=O) groups excluding carboxylic acids is 1. The lowest BCUT2D eigenvalue weighted by atomic mass is 9.65. The lowest BCUT2D eigenvalue weighted by molar-refractivity contribution is -0.128. The van der Waals surface area contributed by atoms with Gasteiger partial charge >= 0.3 is 0 Å². The number of aryl methyl sites for hydroxylation is 2. The average molecular weight is 403 g/mol. The van der Waals surface area contributed by atoms with Gasteiger partial charge in [-0.1, -0.05) is 24.6 Å². The van der Waals surface area contributed by atoms with Crippen molar-refractivity contribution < 1.29 is 4.79 Å². The fraction of sp³-hybridized carbons (Fsp3) is 0.545. The Balaban J connectivity index is 0.00000225. The molecule has 2 bridgehead atoms. The van der Waals surface area contributed by atoms with Crippen molar-refractivity contribution in [3.63, 3.8) is 0 Å². The third-order valence-electron chi connectivity index (χ3n) is 6.47. The summed E-state index contributed by atoms with van der Waals surface area (Å²) in [7, 11) is 0. The molecule has 0 spiro atoms. The van der Waals surface area contributed by atoms with Crippen LogP contribution in [0.5, 0.6) is 0 Å². The van der Waals surface area contributed by atoms with E-state index in [-0.39, 0.29) is 24.2 Å². The Kier molecular flexibility index (Phi) is 6.46. The van der Waals surface area contributed by atoms with Gasteiger partial charge in [0.05, 0.1) is 11.4 Å². The summed E-state index contributed by atoms with van der Waals surface area (Å²) in [6.45, 7) is 4.59. The predicted molar refractivity (Wildman–Crippen MR) is 114 cm³/mol. The van der Waals surface area contributed by atoms with Crippen LogP contribution in [0.25, 0.3) is 5.69 Å². The molecule has 2 saturated carbocycles. The van der Waals surface area contributed by atoms with E-state index >= 15 is 0 Å². The number of nitrogens with one attached hydrogen (secondary N) is 1. The smallest absolute Gasteiger partial charge is 0.223 e. The molecule has 6 heteroatoms. The highest BCUT2D eigenvalue weighted by molar-refractivity contribution is 5.85. The zero-order valence-electron chi connectivity index (χ0n) is 16.7. The van der Waals surface area contributed by atoms with Gasteiger partial charge in [-0.3, -0.25) is 4.79 Å². The first-order valence-electron chi connectivity index (χ1n) is 10.2. The lowest BCUT2D eigenvalue weighted by Crippen LogP contribution is -2.49. The second-order valence-electron chi connectivity index (χ2n) is 8.38. The summed E-state index contributed by atoms with van der Waals surface area (Å²) in [5.41, 5.74) is 10.6. The molecule has 1 heterocycles. The van der Waals surface area contributed by atoms with Crippen LogP contribution in [0.2, 0.25) is 0 Å².